The third-order valence-corrected chi connectivity index (χ3v) is 4.42. The molecule has 3 rings (SSSR count). The van der Waals surface area contributed by atoms with Gasteiger partial charge in [-0.2, -0.15) is 0 Å². The number of nitrogens with two attached hydrogens (primary N) is 1. The van der Waals surface area contributed by atoms with E-state index in [0.29, 0.717) is 6.54 Å². The lowest BCUT2D eigenvalue weighted by molar-refractivity contribution is 0.941. The molecule has 3 aromatic rings. The number of benzene rings is 1. The van der Waals surface area contributed by atoms with Crippen LogP contribution in [0.15, 0.2) is 66.2 Å². The average molecular weight is 322 g/mol. The second kappa shape index (κ2) is 7.07. The van der Waals surface area contributed by atoms with Crippen LogP contribution in [0, 0.1) is 5.41 Å². The number of nitrogens with one attached hydrogen (secondary N) is 1. The molecule has 5 heteroatoms. The van der Waals surface area contributed by atoms with Gasteiger partial charge >= 0.3 is 0 Å². The Morgan fingerprint density at radius 3 is 2.61 bits per heavy atom. The molecule has 116 valence electrons. The van der Waals surface area contributed by atoms with Crippen LogP contribution in [-0.2, 0) is 13.0 Å². The van der Waals surface area contributed by atoms with Gasteiger partial charge in [-0.1, -0.05) is 42.5 Å². The van der Waals surface area contributed by atoms with Crippen LogP contribution in [0.2, 0.25) is 0 Å². The summed E-state index contributed by atoms with van der Waals surface area (Å²) < 4.78 is 0. The molecule has 3 N–H and O–H groups in total. The number of rotatable bonds is 5. The van der Waals surface area contributed by atoms with E-state index in [2.05, 4.69) is 16.4 Å². The Morgan fingerprint density at radius 1 is 1.09 bits per heavy atom. The highest BCUT2D eigenvalue weighted by Gasteiger charge is 2.16. The van der Waals surface area contributed by atoms with E-state index in [1.807, 2.05) is 48.5 Å². The molecule has 0 aliphatic heterocycles. The van der Waals surface area contributed by atoms with Gasteiger partial charge in [-0.25, -0.2) is 4.98 Å². The van der Waals surface area contributed by atoms with Crippen molar-refractivity contribution in [3.8, 4) is 0 Å². The van der Waals surface area contributed by atoms with Gasteiger partial charge in [0.1, 0.15) is 5.82 Å². The Morgan fingerprint density at radius 2 is 1.91 bits per heavy atom. The summed E-state index contributed by atoms with van der Waals surface area (Å²) in [5, 5.41) is 10.0. The van der Waals surface area contributed by atoms with E-state index in [-0.39, 0.29) is 5.96 Å². The van der Waals surface area contributed by atoms with Gasteiger partial charge in [0, 0.05) is 23.1 Å². The minimum Gasteiger partial charge on any atom is -0.370 e. The standard InChI is InChI=1S/C18H18N4S/c19-18(20)22(13-14-6-2-1-3-7-14)17-15(8-4-10-21-17)12-16-9-5-11-23-16/h1-11H,12-13H2,(H3,19,20). The summed E-state index contributed by atoms with van der Waals surface area (Å²) >= 11 is 1.72. The van der Waals surface area contributed by atoms with Crippen molar-refractivity contribution >= 4 is 23.1 Å². The summed E-state index contributed by atoms with van der Waals surface area (Å²) in [6.45, 7) is 0.532. The molecule has 4 nitrogen and oxygen atoms in total. The van der Waals surface area contributed by atoms with Gasteiger partial charge in [-0.15, -0.1) is 11.3 Å². The summed E-state index contributed by atoms with van der Waals surface area (Å²) in [6.07, 6.45) is 2.54. The Labute approximate surface area is 139 Å². The minimum atomic E-state index is -0.0000161. The molecular weight excluding hydrogens is 304 g/mol. The van der Waals surface area contributed by atoms with E-state index < -0.39 is 0 Å². The molecule has 0 radical (unpaired) electrons. The number of anilines is 1. The normalized spacial score (nSPS) is 10.4. The fraction of sp³-hybridized carbons (Fsp3) is 0.111. The lowest BCUT2D eigenvalue weighted by atomic mass is 10.1. The summed E-state index contributed by atoms with van der Waals surface area (Å²) in [4.78, 5) is 7.50. The Hall–Kier alpha value is -2.66. The number of hydrogen-bond donors (Lipinski definition) is 2. The minimum absolute atomic E-state index is 0.0000161. The smallest absolute Gasteiger partial charge is 0.194 e. The molecule has 0 saturated carbocycles. The molecule has 0 spiro atoms. The topological polar surface area (TPSA) is 66.0 Å². The second-order valence-electron chi connectivity index (χ2n) is 5.20. The first-order valence-corrected chi connectivity index (χ1v) is 8.24. The van der Waals surface area contributed by atoms with E-state index in [1.54, 1.807) is 22.4 Å². The van der Waals surface area contributed by atoms with Gasteiger partial charge in [0.2, 0.25) is 0 Å². The Bertz CT molecular complexity index is 769. The third-order valence-electron chi connectivity index (χ3n) is 3.54. The fourth-order valence-electron chi connectivity index (χ4n) is 2.45. The maximum absolute atomic E-state index is 7.95. The van der Waals surface area contributed by atoms with Crippen LogP contribution in [0.5, 0.6) is 0 Å². The molecule has 0 aliphatic rings. The van der Waals surface area contributed by atoms with Crippen LogP contribution in [0.25, 0.3) is 0 Å². The molecule has 0 fully saturated rings. The largest absolute Gasteiger partial charge is 0.370 e. The van der Waals surface area contributed by atoms with Crippen LogP contribution < -0.4 is 10.6 Å². The van der Waals surface area contributed by atoms with Crippen LogP contribution in [-0.4, -0.2) is 10.9 Å². The van der Waals surface area contributed by atoms with Gasteiger partial charge in [-0.05, 0) is 23.1 Å². The van der Waals surface area contributed by atoms with E-state index in [0.717, 1.165) is 23.4 Å². The molecule has 2 aromatic heterocycles. The first-order chi connectivity index (χ1) is 11.2. The molecule has 0 unspecified atom stereocenters. The molecule has 0 aliphatic carbocycles. The number of nitrogens with zero attached hydrogens (tertiary/aromatic N) is 2. The molecule has 0 saturated heterocycles. The van der Waals surface area contributed by atoms with Crippen LogP contribution in [0.1, 0.15) is 16.0 Å². The van der Waals surface area contributed by atoms with Gasteiger partial charge in [0.05, 0.1) is 6.54 Å². The van der Waals surface area contributed by atoms with E-state index in [9.17, 15) is 0 Å². The highest BCUT2D eigenvalue weighted by Crippen LogP contribution is 2.24. The second-order valence-corrected chi connectivity index (χ2v) is 6.23. The highest BCUT2D eigenvalue weighted by molar-refractivity contribution is 7.09. The van der Waals surface area contributed by atoms with Crippen LogP contribution in [0.3, 0.4) is 0 Å². The third kappa shape index (κ3) is 3.76. The van der Waals surface area contributed by atoms with Crippen molar-refractivity contribution in [1.82, 2.24) is 4.98 Å². The number of pyridine rings is 1. The van der Waals surface area contributed by atoms with Crippen molar-refractivity contribution in [3.63, 3.8) is 0 Å². The van der Waals surface area contributed by atoms with Gasteiger partial charge in [0.15, 0.2) is 5.96 Å². The predicted molar refractivity (Wildman–Crippen MR) is 95.9 cm³/mol. The lowest BCUT2D eigenvalue weighted by Gasteiger charge is -2.24. The van der Waals surface area contributed by atoms with Crippen molar-refractivity contribution in [2.75, 3.05) is 4.90 Å². The average Bonchev–Trinajstić information content (AvgIpc) is 3.07. The van der Waals surface area contributed by atoms with E-state index >= 15 is 0 Å². The molecule has 1 aromatic carbocycles. The zero-order chi connectivity index (χ0) is 16.1. The molecule has 0 atom stereocenters. The Kier molecular flexibility index (Phi) is 4.68. The van der Waals surface area contributed by atoms with Crippen molar-refractivity contribution in [2.45, 2.75) is 13.0 Å². The van der Waals surface area contributed by atoms with Crippen molar-refractivity contribution in [3.05, 3.63) is 82.2 Å². The predicted octanol–water partition coefficient (Wildman–Crippen LogP) is 3.63. The summed E-state index contributed by atoms with van der Waals surface area (Å²) in [6, 6.07) is 18.1. The van der Waals surface area contributed by atoms with E-state index in [1.165, 1.54) is 4.88 Å². The van der Waals surface area contributed by atoms with Crippen molar-refractivity contribution in [1.29, 1.82) is 5.41 Å². The van der Waals surface area contributed by atoms with Gasteiger partial charge in [-0.3, -0.25) is 10.3 Å². The maximum Gasteiger partial charge on any atom is 0.194 e. The van der Waals surface area contributed by atoms with Crippen molar-refractivity contribution in [2.24, 2.45) is 5.73 Å². The number of aromatic nitrogens is 1. The molecule has 2 heterocycles. The maximum atomic E-state index is 7.95. The van der Waals surface area contributed by atoms with Gasteiger partial charge in [0.25, 0.3) is 0 Å². The summed E-state index contributed by atoms with van der Waals surface area (Å²) in [5.41, 5.74) is 7.99. The summed E-state index contributed by atoms with van der Waals surface area (Å²) in [7, 11) is 0. The molecule has 23 heavy (non-hydrogen) atoms. The quantitative estimate of drug-likeness (QED) is 0.557. The van der Waals surface area contributed by atoms with E-state index in [4.69, 9.17) is 11.1 Å². The zero-order valence-corrected chi connectivity index (χ0v) is 13.5. The zero-order valence-electron chi connectivity index (χ0n) is 12.6. The Balaban J connectivity index is 1.92. The highest BCUT2D eigenvalue weighted by atomic mass is 32.1. The first kappa shape index (κ1) is 15.2. The lowest BCUT2D eigenvalue weighted by Crippen LogP contribution is -2.37. The fourth-order valence-corrected chi connectivity index (χ4v) is 3.18. The number of hydrogen-bond acceptors (Lipinski definition) is 3. The van der Waals surface area contributed by atoms with Crippen molar-refractivity contribution < 1.29 is 0 Å². The molecule has 0 bridgehead atoms. The molecule has 0 amide bonds. The number of guanidine groups is 1. The van der Waals surface area contributed by atoms with Crippen LogP contribution in [0.4, 0.5) is 5.82 Å². The van der Waals surface area contributed by atoms with Gasteiger partial charge < -0.3 is 5.73 Å². The van der Waals surface area contributed by atoms with Crippen LogP contribution >= 0.6 is 11.3 Å². The SMILES string of the molecule is N=C(N)N(Cc1ccccc1)c1ncccc1Cc1cccs1. The monoisotopic (exact) mass is 322 g/mol. The number of thiophene rings is 1. The molecular formula is C18H18N4S. The summed E-state index contributed by atoms with van der Waals surface area (Å²) in [5.74, 6) is 0.747. The first-order valence-electron chi connectivity index (χ1n) is 7.36.